The Balaban J connectivity index is 1.72. The lowest BCUT2D eigenvalue weighted by Gasteiger charge is -2.25. The highest BCUT2D eigenvalue weighted by atomic mass is 16.5. The van der Waals surface area contributed by atoms with Crippen LogP contribution in [-0.4, -0.2) is 38.3 Å². The summed E-state index contributed by atoms with van der Waals surface area (Å²) in [6.07, 6.45) is 4.14. The van der Waals surface area contributed by atoms with E-state index in [-0.39, 0.29) is 11.9 Å². The number of hydrogen-bond acceptors (Lipinski definition) is 5. The van der Waals surface area contributed by atoms with Crippen LogP contribution >= 0.6 is 0 Å². The molecule has 2 aromatic heterocycles. The van der Waals surface area contributed by atoms with E-state index in [1.54, 1.807) is 18.3 Å². The van der Waals surface area contributed by atoms with Crippen LogP contribution in [-0.2, 0) is 19.4 Å². The highest BCUT2D eigenvalue weighted by molar-refractivity contribution is 5.96. The second kappa shape index (κ2) is 6.76. The second-order valence-electron chi connectivity index (χ2n) is 5.49. The van der Waals surface area contributed by atoms with Crippen LogP contribution < -0.4 is 10.1 Å². The van der Waals surface area contributed by atoms with E-state index >= 15 is 0 Å². The number of aryl methyl sites for hydroxylation is 2. The topological polar surface area (TPSA) is 81.9 Å². The van der Waals surface area contributed by atoms with E-state index in [1.807, 2.05) is 6.92 Å². The number of nitrogens with zero attached hydrogens (tertiary/aromatic N) is 4. The van der Waals surface area contributed by atoms with Crippen molar-refractivity contribution in [1.82, 2.24) is 25.1 Å². The van der Waals surface area contributed by atoms with E-state index in [1.165, 1.54) is 0 Å². The van der Waals surface area contributed by atoms with Crippen LogP contribution in [0.25, 0.3) is 0 Å². The van der Waals surface area contributed by atoms with Gasteiger partial charge in [0.2, 0.25) is 5.88 Å². The molecule has 0 fully saturated rings. The zero-order valence-electron chi connectivity index (χ0n) is 13.5. The first-order valence-corrected chi connectivity index (χ1v) is 8.02. The molecule has 0 bridgehead atoms. The summed E-state index contributed by atoms with van der Waals surface area (Å²) >= 11 is 0. The molecule has 0 aliphatic carbocycles. The maximum Gasteiger partial charge on any atom is 0.257 e. The van der Waals surface area contributed by atoms with Crippen molar-refractivity contribution in [2.45, 2.75) is 45.7 Å². The molecule has 0 saturated carbocycles. The first-order chi connectivity index (χ1) is 11.2. The fourth-order valence-corrected chi connectivity index (χ4v) is 2.84. The van der Waals surface area contributed by atoms with Crippen molar-refractivity contribution < 1.29 is 9.53 Å². The van der Waals surface area contributed by atoms with Gasteiger partial charge in [-0.25, -0.2) is 4.98 Å². The summed E-state index contributed by atoms with van der Waals surface area (Å²) in [5.41, 5.74) is 0.472. The van der Waals surface area contributed by atoms with Crippen molar-refractivity contribution in [2.24, 2.45) is 0 Å². The Morgan fingerprint density at radius 3 is 3.09 bits per heavy atom. The molecule has 0 saturated heterocycles. The zero-order valence-corrected chi connectivity index (χ0v) is 13.5. The van der Waals surface area contributed by atoms with Gasteiger partial charge in [-0.1, -0.05) is 6.92 Å². The van der Waals surface area contributed by atoms with Gasteiger partial charge in [0.1, 0.15) is 17.2 Å². The molecule has 1 aliphatic heterocycles. The van der Waals surface area contributed by atoms with Crippen LogP contribution in [0.4, 0.5) is 0 Å². The maximum absolute atomic E-state index is 12.5. The Bertz CT molecular complexity index is 684. The van der Waals surface area contributed by atoms with Crippen molar-refractivity contribution >= 4 is 5.91 Å². The van der Waals surface area contributed by atoms with E-state index in [0.29, 0.717) is 24.6 Å². The van der Waals surface area contributed by atoms with Gasteiger partial charge in [0, 0.05) is 31.6 Å². The molecule has 1 amide bonds. The van der Waals surface area contributed by atoms with Gasteiger partial charge in [0.05, 0.1) is 6.61 Å². The predicted octanol–water partition coefficient (Wildman–Crippen LogP) is 1.38. The summed E-state index contributed by atoms with van der Waals surface area (Å²) in [6, 6.07) is 3.54. The molecule has 7 nitrogen and oxygen atoms in total. The van der Waals surface area contributed by atoms with Gasteiger partial charge in [-0.2, -0.15) is 0 Å². The predicted molar refractivity (Wildman–Crippen MR) is 84.4 cm³/mol. The van der Waals surface area contributed by atoms with E-state index in [0.717, 1.165) is 30.9 Å². The monoisotopic (exact) mass is 315 g/mol. The maximum atomic E-state index is 12.5. The van der Waals surface area contributed by atoms with E-state index in [2.05, 4.69) is 32.0 Å². The number of pyridine rings is 1. The molecule has 122 valence electrons. The van der Waals surface area contributed by atoms with Crippen molar-refractivity contribution in [3.63, 3.8) is 0 Å². The molecule has 2 aromatic rings. The van der Waals surface area contributed by atoms with Crippen molar-refractivity contribution in [3.05, 3.63) is 35.5 Å². The standard InChI is InChI=1S/C16H21N5O2/c1-3-13-19-20-14-8-7-11(10-21(13)14)18-15(22)12-6-5-9-17-16(12)23-4-2/h5-6,9,11H,3-4,7-8,10H2,1-2H3,(H,18,22)/t11-/m1/s1. The fraction of sp³-hybridized carbons (Fsp3) is 0.500. The van der Waals surface area contributed by atoms with Crippen molar-refractivity contribution in [2.75, 3.05) is 6.61 Å². The zero-order chi connectivity index (χ0) is 16.2. The van der Waals surface area contributed by atoms with E-state index in [4.69, 9.17) is 4.74 Å². The van der Waals surface area contributed by atoms with Gasteiger partial charge in [-0.05, 0) is 25.5 Å². The molecule has 0 unspecified atom stereocenters. The number of rotatable bonds is 5. The summed E-state index contributed by atoms with van der Waals surface area (Å²) in [7, 11) is 0. The Kier molecular flexibility index (Phi) is 4.55. The van der Waals surface area contributed by atoms with Gasteiger partial charge in [0.25, 0.3) is 5.91 Å². The minimum atomic E-state index is -0.152. The number of nitrogens with one attached hydrogen (secondary N) is 1. The Hall–Kier alpha value is -2.44. The molecule has 0 aromatic carbocycles. The van der Waals surface area contributed by atoms with Crippen LogP contribution in [0.3, 0.4) is 0 Å². The Morgan fingerprint density at radius 1 is 1.43 bits per heavy atom. The second-order valence-corrected chi connectivity index (χ2v) is 5.49. The Labute approximate surface area is 135 Å². The lowest BCUT2D eigenvalue weighted by Crippen LogP contribution is -2.41. The quantitative estimate of drug-likeness (QED) is 0.901. The van der Waals surface area contributed by atoms with Gasteiger partial charge in [-0.15, -0.1) is 10.2 Å². The highest BCUT2D eigenvalue weighted by Gasteiger charge is 2.24. The first kappa shape index (κ1) is 15.5. The lowest BCUT2D eigenvalue weighted by atomic mass is 10.1. The molecule has 7 heteroatoms. The molecule has 0 spiro atoms. The summed E-state index contributed by atoms with van der Waals surface area (Å²) in [4.78, 5) is 16.7. The van der Waals surface area contributed by atoms with Gasteiger partial charge in [0.15, 0.2) is 0 Å². The van der Waals surface area contributed by atoms with Crippen molar-refractivity contribution in [1.29, 1.82) is 0 Å². The van der Waals surface area contributed by atoms with E-state index in [9.17, 15) is 4.79 Å². The van der Waals surface area contributed by atoms with Crippen LogP contribution in [0, 0.1) is 0 Å². The number of hydrogen-bond donors (Lipinski definition) is 1. The van der Waals surface area contributed by atoms with Gasteiger partial charge >= 0.3 is 0 Å². The number of carbonyl (C=O) groups excluding carboxylic acids is 1. The third kappa shape index (κ3) is 3.18. The summed E-state index contributed by atoms with van der Waals surface area (Å²) < 4.78 is 7.54. The summed E-state index contributed by atoms with van der Waals surface area (Å²) in [6.45, 7) is 5.12. The normalized spacial score (nSPS) is 16.7. The average Bonchev–Trinajstić information content (AvgIpc) is 2.98. The number of amides is 1. The minimum Gasteiger partial charge on any atom is -0.477 e. The number of carbonyl (C=O) groups is 1. The SMILES string of the molecule is CCOc1ncccc1C(=O)N[C@@H]1CCc2nnc(CC)n2C1. The van der Waals surface area contributed by atoms with Gasteiger partial charge < -0.3 is 14.6 Å². The summed E-state index contributed by atoms with van der Waals surface area (Å²) in [5.74, 6) is 2.20. The molecule has 0 radical (unpaired) electrons. The summed E-state index contributed by atoms with van der Waals surface area (Å²) in [5, 5.41) is 11.5. The molecular weight excluding hydrogens is 294 g/mol. The van der Waals surface area contributed by atoms with E-state index < -0.39 is 0 Å². The molecule has 1 atom stereocenters. The number of aromatic nitrogens is 4. The average molecular weight is 315 g/mol. The molecular formula is C16H21N5O2. The Morgan fingerprint density at radius 2 is 2.30 bits per heavy atom. The molecule has 3 rings (SSSR count). The molecule has 3 heterocycles. The van der Waals surface area contributed by atoms with Gasteiger partial charge in [-0.3, -0.25) is 4.79 Å². The smallest absolute Gasteiger partial charge is 0.257 e. The lowest BCUT2D eigenvalue weighted by molar-refractivity contribution is 0.0922. The van der Waals surface area contributed by atoms with Crippen LogP contribution in [0.1, 0.15) is 42.3 Å². The minimum absolute atomic E-state index is 0.0611. The first-order valence-electron chi connectivity index (χ1n) is 8.02. The van der Waals surface area contributed by atoms with Crippen LogP contribution in [0.2, 0.25) is 0 Å². The largest absolute Gasteiger partial charge is 0.477 e. The van der Waals surface area contributed by atoms with Crippen LogP contribution in [0.15, 0.2) is 18.3 Å². The van der Waals surface area contributed by atoms with Crippen LogP contribution in [0.5, 0.6) is 5.88 Å². The molecule has 1 aliphatic rings. The molecule has 23 heavy (non-hydrogen) atoms. The number of ether oxygens (including phenoxy) is 1. The highest BCUT2D eigenvalue weighted by Crippen LogP contribution is 2.18. The van der Waals surface area contributed by atoms with Crippen molar-refractivity contribution in [3.8, 4) is 5.88 Å². The third-order valence-corrected chi connectivity index (χ3v) is 3.97. The third-order valence-electron chi connectivity index (χ3n) is 3.97. The fourth-order valence-electron chi connectivity index (χ4n) is 2.84. The molecule has 1 N–H and O–H groups in total. The number of fused-ring (bicyclic) bond motifs is 1.